The number of rotatable bonds is 4. The largest absolute Gasteiger partial charge is 0.377 e. The first-order chi connectivity index (χ1) is 9.52. The van der Waals surface area contributed by atoms with Gasteiger partial charge in [-0.3, -0.25) is 9.89 Å². The molecule has 0 saturated carbocycles. The van der Waals surface area contributed by atoms with Gasteiger partial charge in [-0.15, -0.1) is 0 Å². The lowest BCUT2D eigenvalue weighted by atomic mass is 10.1. The Bertz CT molecular complexity index is 607. The number of aromatic amines is 1. The highest BCUT2D eigenvalue weighted by molar-refractivity contribution is 5.90. The number of carbonyl (C=O) groups excluding carboxylic acids is 1. The molecule has 0 unspecified atom stereocenters. The number of nitrogens with one attached hydrogen (secondary N) is 1. The predicted octanol–water partition coefficient (Wildman–Crippen LogP) is 1.88. The van der Waals surface area contributed by atoms with Crippen molar-refractivity contribution < 1.29 is 9.53 Å². The summed E-state index contributed by atoms with van der Waals surface area (Å²) in [6, 6.07) is 7.76. The molecule has 20 heavy (non-hydrogen) atoms. The van der Waals surface area contributed by atoms with Crippen LogP contribution in [-0.4, -0.2) is 47.2 Å². The topological polar surface area (TPSA) is 71.1 Å². The van der Waals surface area contributed by atoms with Crippen LogP contribution in [0, 0.1) is 0 Å². The van der Waals surface area contributed by atoms with E-state index in [1.807, 2.05) is 31.2 Å². The number of benzene rings is 1. The van der Waals surface area contributed by atoms with Gasteiger partial charge < -0.3 is 9.64 Å². The van der Waals surface area contributed by atoms with Gasteiger partial charge in [-0.1, -0.05) is 18.2 Å². The summed E-state index contributed by atoms with van der Waals surface area (Å²) in [7, 11) is 5.01. The minimum atomic E-state index is -0.204. The van der Waals surface area contributed by atoms with E-state index in [0.29, 0.717) is 5.82 Å². The van der Waals surface area contributed by atoms with Gasteiger partial charge in [0.2, 0.25) is 5.82 Å². The van der Waals surface area contributed by atoms with Gasteiger partial charge in [0.25, 0.3) is 5.91 Å². The summed E-state index contributed by atoms with van der Waals surface area (Å²) >= 11 is 0. The Morgan fingerprint density at radius 2 is 2.15 bits per heavy atom. The Balaban J connectivity index is 2.31. The van der Waals surface area contributed by atoms with Gasteiger partial charge in [0, 0.05) is 26.8 Å². The number of amides is 1. The lowest BCUT2D eigenvalue weighted by Gasteiger charge is -2.10. The van der Waals surface area contributed by atoms with Crippen molar-refractivity contribution in [3.8, 4) is 11.4 Å². The first-order valence-corrected chi connectivity index (χ1v) is 6.30. The summed E-state index contributed by atoms with van der Waals surface area (Å²) in [5.41, 5.74) is 1.88. The molecule has 106 valence electrons. The SMILES string of the molecule is CO[C@@H](C)c1cccc(-c2n[nH]c(C(=O)N(C)C)n2)c1. The van der Waals surface area contributed by atoms with Crippen LogP contribution in [0.5, 0.6) is 0 Å². The van der Waals surface area contributed by atoms with E-state index >= 15 is 0 Å². The molecule has 0 radical (unpaired) electrons. The molecule has 6 heteroatoms. The maximum absolute atomic E-state index is 11.8. The third-order valence-corrected chi connectivity index (χ3v) is 3.06. The van der Waals surface area contributed by atoms with E-state index in [1.54, 1.807) is 21.2 Å². The summed E-state index contributed by atoms with van der Waals surface area (Å²) in [6.07, 6.45) is -0.00299. The number of hydrogen-bond donors (Lipinski definition) is 1. The van der Waals surface area contributed by atoms with Gasteiger partial charge in [-0.05, 0) is 18.6 Å². The average Bonchev–Trinajstić information content (AvgIpc) is 2.95. The Kier molecular flexibility index (Phi) is 4.14. The molecule has 0 spiro atoms. The molecule has 1 amide bonds. The Labute approximate surface area is 117 Å². The number of carbonyl (C=O) groups is 1. The molecule has 1 aromatic carbocycles. The van der Waals surface area contributed by atoms with Crippen molar-refractivity contribution in [3.63, 3.8) is 0 Å². The van der Waals surface area contributed by atoms with Gasteiger partial charge in [0.15, 0.2) is 5.82 Å². The minimum absolute atomic E-state index is 0.00299. The van der Waals surface area contributed by atoms with Crippen molar-refractivity contribution in [2.45, 2.75) is 13.0 Å². The fourth-order valence-electron chi connectivity index (χ4n) is 1.77. The first-order valence-electron chi connectivity index (χ1n) is 6.30. The van der Waals surface area contributed by atoms with Gasteiger partial charge in [-0.2, -0.15) is 5.10 Å². The maximum Gasteiger partial charge on any atom is 0.290 e. The Hall–Kier alpha value is -2.21. The van der Waals surface area contributed by atoms with E-state index < -0.39 is 0 Å². The molecule has 2 aromatic rings. The zero-order chi connectivity index (χ0) is 14.7. The quantitative estimate of drug-likeness (QED) is 0.924. The fraction of sp³-hybridized carbons (Fsp3) is 0.357. The van der Waals surface area contributed by atoms with Crippen LogP contribution in [0.25, 0.3) is 11.4 Å². The minimum Gasteiger partial charge on any atom is -0.377 e. The van der Waals surface area contributed by atoms with Gasteiger partial charge in [-0.25, -0.2) is 4.98 Å². The Morgan fingerprint density at radius 1 is 1.40 bits per heavy atom. The van der Waals surface area contributed by atoms with Crippen LogP contribution < -0.4 is 0 Å². The van der Waals surface area contributed by atoms with Crippen LogP contribution in [-0.2, 0) is 4.74 Å². The predicted molar refractivity (Wildman–Crippen MR) is 75.3 cm³/mol. The molecule has 0 saturated heterocycles. The summed E-state index contributed by atoms with van der Waals surface area (Å²) in [4.78, 5) is 17.5. The summed E-state index contributed by atoms with van der Waals surface area (Å²) in [5, 5.41) is 6.76. The molecule has 0 fully saturated rings. The number of aromatic nitrogens is 3. The molecule has 1 heterocycles. The Morgan fingerprint density at radius 3 is 2.80 bits per heavy atom. The molecule has 0 aliphatic carbocycles. The van der Waals surface area contributed by atoms with E-state index in [9.17, 15) is 4.79 Å². The molecule has 0 aliphatic rings. The second-order valence-corrected chi connectivity index (χ2v) is 4.71. The smallest absolute Gasteiger partial charge is 0.290 e. The second-order valence-electron chi connectivity index (χ2n) is 4.71. The van der Waals surface area contributed by atoms with Crippen LogP contribution in [0.15, 0.2) is 24.3 Å². The fourth-order valence-corrected chi connectivity index (χ4v) is 1.77. The number of hydrogen-bond acceptors (Lipinski definition) is 4. The van der Waals surface area contributed by atoms with E-state index in [1.165, 1.54) is 4.90 Å². The zero-order valence-corrected chi connectivity index (χ0v) is 12.0. The standard InChI is InChI=1S/C14H18N4O2/c1-9(20-4)10-6-5-7-11(8-10)12-15-13(17-16-12)14(19)18(2)3/h5-9H,1-4H3,(H,15,16,17)/t9-/m0/s1. The van der Waals surface area contributed by atoms with Crippen molar-refractivity contribution in [1.82, 2.24) is 20.1 Å². The average molecular weight is 274 g/mol. The molecule has 0 bridgehead atoms. The van der Waals surface area contributed by atoms with Crippen LogP contribution in [0.4, 0.5) is 0 Å². The third-order valence-electron chi connectivity index (χ3n) is 3.06. The second kappa shape index (κ2) is 5.83. The summed E-state index contributed by atoms with van der Waals surface area (Å²) in [6.45, 7) is 1.97. The summed E-state index contributed by atoms with van der Waals surface area (Å²) < 4.78 is 5.29. The maximum atomic E-state index is 11.8. The van der Waals surface area contributed by atoms with E-state index in [2.05, 4.69) is 15.2 Å². The number of methoxy groups -OCH3 is 1. The number of H-pyrrole nitrogens is 1. The number of ether oxygens (including phenoxy) is 1. The van der Waals surface area contributed by atoms with Gasteiger partial charge >= 0.3 is 0 Å². The van der Waals surface area contributed by atoms with Gasteiger partial charge in [0.05, 0.1) is 6.10 Å². The summed E-state index contributed by atoms with van der Waals surface area (Å²) in [5.74, 6) is 0.528. The lowest BCUT2D eigenvalue weighted by Crippen LogP contribution is -2.22. The van der Waals surface area contributed by atoms with E-state index in [4.69, 9.17) is 4.74 Å². The van der Waals surface area contributed by atoms with Crippen LogP contribution in [0.2, 0.25) is 0 Å². The monoisotopic (exact) mass is 274 g/mol. The molecule has 6 nitrogen and oxygen atoms in total. The molecule has 0 aliphatic heterocycles. The molecule has 1 atom stereocenters. The van der Waals surface area contributed by atoms with E-state index in [0.717, 1.165) is 11.1 Å². The van der Waals surface area contributed by atoms with Crippen molar-refractivity contribution in [2.24, 2.45) is 0 Å². The zero-order valence-electron chi connectivity index (χ0n) is 12.0. The highest BCUT2D eigenvalue weighted by Gasteiger charge is 2.15. The lowest BCUT2D eigenvalue weighted by molar-refractivity contribution is 0.0816. The highest BCUT2D eigenvalue weighted by Crippen LogP contribution is 2.22. The van der Waals surface area contributed by atoms with Crippen LogP contribution in [0.1, 0.15) is 29.2 Å². The van der Waals surface area contributed by atoms with Crippen molar-refractivity contribution >= 4 is 5.91 Å². The molecule has 1 aromatic heterocycles. The number of nitrogens with zero attached hydrogens (tertiary/aromatic N) is 3. The normalized spacial score (nSPS) is 12.2. The molecular weight excluding hydrogens is 256 g/mol. The van der Waals surface area contributed by atoms with Gasteiger partial charge in [0.1, 0.15) is 0 Å². The van der Waals surface area contributed by atoms with Crippen LogP contribution in [0.3, 0.4) is 0 Å². The van der Waals surface area contributed by atoms with Crippen molar-refractivity contribution in [3.05, 3.63) is 35.7 Å². The van der Waals surface area contributed by atoms with Crippen molar-refractivity contribution in [2.75, 3.05) is 21.2 Å². The molecule has 2 rings (SSSR count). The van der Waals surface area contributed by atoms with Crippen molar-refractivity contribution in [1.29, 1.82) is 0 Å². The third kappa shape index (κ3) is 2.85. The molecular formula is C14H18N4O2. The highest BCUT2D eigenvalue weighted by atomic mass is 16.5. The van der Waals surface area contributed by atoms with E-state index in [-0.39, 0.29) is 17.8 Å². The van der Waals surface area contributed by atoms with Crippen LogP contribution >= 0.6 is 0 Å². The molecule has 1 N–H and O–H groups in total. The first kappa shape index (κ1) is 14.2.